The predicted octanol–water partition coefficient (Wildman–Crippen LogP) is 0.860. The number of hydrogen-bond donors (Lipinski definition) is 2. The molecule has 1 saturated heterocycles. The third kappa shape index (κ3) is 6.51. The van der Waals surface area contributed by atoms with E-state index in [1.54, 1.807) is 18.2 Å². The van der Waals surface area contributed by atoms with Crippen LogP contribution in [-0.4, -0.2) is 87.3 Å². The largest absolute Gasteiger partial charge is 0.383 e. The van der Waals surface area contributed by atoms with Crippen LogP contribution in [0, 0.1) is 0 Å². The highest BCUT2D eigenvalue weighted by atomic mass is 16.5. The Morgan fingerprint density at radius 2 is 1.68 bits per heavy atom. The van der Waals surface area contributed by atoms with E-state index in [0.717, 1.165) is 4.90 Å². The molecule has 0 bridgehead atoms. The van der Waals surface area contributed by atoms with Gasteiger partial charge in [0, 0.05) is 30.1 Å². The minimum atomic E-state index is -0.985. The number of piperidine rings is 1. The quantitative estimate of drug-likeness (QED) is 0.131. The molecule has 2 aliphatic heterocycles. The highest BCUT2D eigenvalue weighted by Gasteiger charge is 2.44. The number of azide groups is 1. The van der Waals surface area contributed by atoms with Gasteiger partial charge >= 0.3 is 0 Å². The normalized spacial score (nSPS) is 17.4. The molecule has 13 heteroatoms. The molecule has 1 aromatic carbocycles. The molecule has 0 spiro atoms. The topological polar surface area (TPSA) is 172 Å². The molecule has 34 heavy (non-hydrogen) atoms. The molecule has 0 aliphatic carbocycles. The van der Waals surface area contributed by atoms with Crippen molar-refractivity contribution in [3.05, 3.63) is 39.8 Å². The van der Waals surface area contributed by atoms with Crippen molar-refractivity contribution in [2.75, 3.05) is 58.0 Å². The van der Waals surface area contributed by atoms with Crippen LogP contribution < -0.4 is 10.6 Å². The van der Waals surface area contributed by atoms with Crippen molar-refractivity contribution < 1.29 is 33.4 Å². The van der Waals surface area contributed by atoms with E-state index in [1.165, 1.54) is 0 Å². The Labute approximate surface area is 195 Å². The van der Waals surface area contributed by atoms with Gasteiger partial charge in [-0.25, -0.2) is 0 Å². The monoisotopic (exact) mass is 474 g/mol. The summed E-state index contributed by atoms with van der Waals surface area (Å²) in [5.41, 5.74) is 9.22. The van der Waals surface area contributed by atoms with Crippen LogP contribution in [0.25, 0.3) is 10.4 Å². The number of rotatable bonds is 14. The van der Waals surface area contributed by atoms with Gasteiger partial charge in [-0.05, 0) is 30.2 Å². The smallest absolute Gasteiger partial charge is 0.262 e. The van der Waals surface area contributed by atoms with Crippen molar-refractivity contribution in [1.29, 1.82) is 0 Å². The molecule has 2 heterocycles. The molecule has 0 aromatic heterocycles. The zero-order valence-corrected chi connectivity index (χ0v) is 18.5. The lowest BCUT2D eigenvalue weighted by Crippen LogP contribution is -2.54. The molecule has 4 amide bonds. The lowest BCUT2D eigenvalue weighted by atomic mass is 10.0. The van der Waals surface area contributed by atoms with Gasteiger partial charge in [-0.3, -0.25) is 29.4 Å². The molecule has 2 aliphatic rings. The van der Waals surface area contributed by atoms with E-state index in [2.05, 4.69) is 20.7 Å². The maximum atomic E-state index is 12.8. The van der Waals surface area contributed by atoms with Gasteiger partial charge < -0.3 is 19.5 Å². The number of fused-ring (bicyclic) bond motifs is 1. The van der Waals surface area contributed by atoms with E-state index in [4.69, 9.17) is 19.7 Å². The van der Waals surface area contributed by atoms with Crippen molar-refractivity contribution in [2.24, 2.45) is 5.11 Å². The maximum Gasteiger partial charge on any atom is 0.262 e. The fourth-order valence-corrected chi connectivity index (χ4v) is 3.54. The zero-order valence-electron chi connectivity index (χ0n) is 18.5. The van der Waals surface area contributed by atoms with Gasteiger partial charge in [-0.1, -0.05) is 5.11 Å². The van der Waals surface area contributed by atoms with Crippen LogP contribution in [0.2, 0.25) is 0 Å². The summed E-state index contributed by atoms with van der Waals surface area (Å²) in [5, 5.41) is 8.65. The van der Waals surface area contributed by atoms with Crippen molar-refractivity contribution in [3.63, 3.8) is 0 Å². The van der Waals surface area contributed by atoms with Crippen LogP contribution in [-0.2, 0) is 23.8 Å². The first-order chi connectivity index (χ1) is 16.5. The number of ether oxygens (including phenoxy) is 3. The standard InChI is InChI=1S/C21H26N6O7/c22-26-24-6-8-33-10-12-34-11-9-32-7-5-23-14-1-2-15-16(13-14)21(31)27(20(15)30)17-3-4-18(28)25-19(17)29/h1-2,13,17,23H,3-12H2,(H,25,28,29). The minimum absolute atomic E-state index is 0.0777. The lowest BCUT2D eigenvalue weighted by molar-refractivity contribution is -0.136. The van der Waals surface area contributed by atoms with Gasteiger partial charge in [0.25, 0.3) is 11.8 Å². The van der Waals surface area contributed by atoms with Gasteiger partial charge in [-0.15, -0.1) is 0 Å². The summed E-state index contributed by atoms with van der Waals surface area (Å²) in [6.45, 7) is 3.15. The van der Waals surface area contributed by atoms with Crippen molar-refractivity contribution in [1.82, 2.24) is 10.2 Å². The highest BCUT2D eigenvalue weighted by molar-refractivity contribution is 6.23. The Morgan fingerprint density at radius 1 is 1.00 bits per heavy atom. The van der Waals surface area contributed by atoms with Gasteiger partial charge in [0.15, 0.2) is 0 Å². The molecule has 2 N–H and O–H groups in total. The molecular formula is C21H26N6O7. The van der Waals surface area contributed by atoms with Gasteiger partial charge in [0.1, 0.15) is 6.04 Å². The molecule has 1 atom stereocenters. The molecule has 0 radical (unpaired) electrons. The van der Waals surface area contributed by atoms with Crippen molar-refractivity contribution >= 4 is 29.3 Å². The molecule has 1 fully saturated rings. The van der Waals surface area contributed by atoms with Gasteiger partial charge in [0.05, 0.1) is 50.8 Å². The number of benzene rings is 1. The molecule has 1 unspecified atom stereocenters. The summed E-state index contributed by atoms with van der Waals surface area (Å²) in [6.07, 6.45) is 0.195. The maximum absolute atomic E-state index is 12.8. The number of nitrogens with one attached hydrogen (secondary N) is 2. The highest BCUT2D eigenvalue weighted by Crippen LogP contribution is 2.29. The lowest BCUT2D eigenvalue weighted by Gasteiger charge is -2.27. The Bertz CT molecular complexity index is 978. The fourth-order valence-electron chi connectivity index (χ4n) is 3.54. The second kappa shape index (κ2) is 12.7. The molecule has 1 aromatic rings. The van der Waals surface area contributed by atoms with Crippen LogP contribution in [0.3, 0.4) is 0 Å². The minimum Gasteiger partial charge on any atom is -0.383 e. The van der Waals surface area contributed by atoms with Gasteiger partial charge in [-0.2, -0.15) is 0 Å². The van der Waals surface area contributed by atoms with Crippen LogP contribution in [0.5, 0.6) is 0 Å². The molecular weight excluding hydrogens is 448 g/mol. The Hall–Kier alpha value is -3.51. The molecule has 13 nitrogen and oxygen atoms in total. The second-order valence-corrected chi connectivity index (χ2v) is 7.43. The number of imide groups is 2. The van der Waals surface area contributed by atoms with E-state index < -0.39 is 29.7 Å². The number of hydrogen-bond acceptors (Lipinski definition) is 9. The van der Waals surface area contributed by atoms with Crippen molar-refractivity contribution in [2.45, 2.75) is 18.9 Å². The number of anilines is 1. The Kier molecular flexibility index (Phi) is 9.35. The van der Waals surface area contributed by atoms with E-state index in [0.29, 0.717) is 58.4 Å². The van der Waals surface area contributed by atoms with E-state index in [1.807, 2.05) is 0 Å². The molecule has 0 saturated carbocycles. The van der Waals surface area contributed by atoms with E-state index >= 15 is 0 Å². The van der Waals surface area contributed by atoms with Gasteiger partial charge in [0.2, 0.25) is 11.8 Å². The summed E-state index contributed by atoms with van der Waals surface area (Å²) < 4.78 is 16.0. The summed E-state index contributed by atoms with van der Waals surface area (Å²) in [4.78, 5) is 52.6. The van der Waals surface area contributed by atoms with E-state index in [9.17, 15) is 19.2 Å². The Morgan fingerprint density at radius 3 is 2.38 bits per heavy atom. The van der Waals surface area contributed by atoms with Crippen LogP contribution in [0.4, 0.5) is 5.69 Å². The predicted molar refractivity (Wildman–Crippen MR) is 118 cm³/mol. The van der Waals surface area contributed by atoms with Crippen LogP contribution in [0.1, 0.15) is 33.6 Å². The molecule has 3 rings (SSSR count). The van der Waals surface area contributed by atoms with Crippen LogP contribution in [0.15, 0.2) is 23.3 Å². The van der Waals surface area contributed by atoms with E-state index in [-0.39, 0.29) is 24.0 Å². The van der Waals surface area contributed by atoms with Crippen molar-refractivity contribution in [3.8, 4) is 0 Å². The number of carbonyl (C=O) groups excluding carboxylic acids is 4. The number of carbonyl (C=O) groups is 4. The SMILES string of the molecule is [N-]=[N+]=NCCOCCOCCOCCNc1ccc2c(c1)C(=O)N(C1CCC(=O)NC1=O)C2=O. The summed E-state index contributed by atoms with van der Waals surface area (Å²) in [5.74, 6) is -2.13. The third-order valence-electron chi connectivity index (χ3n) is 5.16. The first-order valence-electron chi connectivity index (χ1n) is 10.9. The number of amides is 4. The first-order valence-corrected chi connectivity index (χ1v) is 10.9. The Balaban J connectivity index is 1.35. The fraction of sp³-hybridized carbons (Fsp3) is 0.524. The summed E-state index contributed by atoms with van der Waals surface area (Å²) in [6, 6.07) is 3.82. The third-order valence-corrected chi connectivity index (χ3v) is 5.16. The van der Waals surface area contributed by atoms with Crippen LogP contribution >= 0.6 is 0 Å². The first kappa shape index (κ1) is 25.1. The summed E-state index contributed by atoms with van der Waals surface area (Å²) in [7, 11) is 0. The average molecular weight is 474 g/mol. The summed E-state index contributed by atoms with van der Waals surface area (Å²) >= 11 is 0. The average Bonchev–Trinajstić information content (AvgIpc) is 3.06. The second-order valence-electron chi connectivity index (χ2n) is 7.43. The number of nitrogens with zero attached hydrogens (tertiary/aromatic N) is 4. The molecule has 182 valence electrons. The zero-order chi connectivity index (χ0) is 24.3.